The quantitative estimate of drug-likeness (QED) is 0.266. The highest BCUT2D eigenvalue weighted by Gasteiger charge is 2.47. The topological polar surface area (TPSA) is 52.6 Å². The third-order valence-corrected chi connectivity index (χ3v) is 3.44. The molecule has 0 radical (unpaired) electrons. The number of hydrogen-bond acceptors (Lipinski definition) is 4. The molecule has 2 aromatic carbocycles. The van der Waals surface area contributed by atoms with E-state index >= 15 is 0 Å². The first kappa shape index (κ1) is 16.8. The van der Waals surface area contributed by atoms with Gasteiger partial charge in [0.15, 0.2) is 0 Å². The van der Waals surface area contributed by atoms with E-state index in [1.807, 2.05) is 0 Å². The number of hydrogen-bond donors (Lipinski definition) is 0. The van der Waals surface area contributed by atoms with E-state index < -0.39 is 16.8 Å². The standard InChI is InChI=1S/C18H15ClO4/c1-2-13-18(19,16(20)22-14-9-5-3-6-10-14)17(21)23-15-11-7-4-8-12-15/h2-12H,1,13H2. The minimum absolute atomic E-state index is 0.119. The lowest BCUT2D eigenvalue weighted by Crippen LogP contribution is -2.46. The van der Waals surface area contributed by atoms with Crippen LogP contribution in [0.25, 0.3) is 0 Å². The second kappa shape index (κ2) is 7.61. The van der Waals surface area contributed by atoms with Gasteiger partial charge in [-0.05, 0) is 24.3 Å². The van der Waals surface area contributed by atoms with Crippen LogP contribution in [0, 0.1) is 0 Å². The monoisotopic (exact) mass is 330 g/mol. The van der Waals surface area contributed by atoms with Crippen molar-refractivity contribution in [1.29, 1.82) is 0 Å². The van der Waals surface area contributed by atoms with Gasteiger partial charge >= 0.3 is 11.9 Å². The summed E-state index contributed by atoms with van der Waals surface area (Å²) in [7, 11) is 0. The summed E-state index contributed by atoms with van der Waals surface area (Å²) in [4.78, 5) is 22.7. The molecule has 0 heterocycles. The van der Waals surface area contributed by atoms with Gasteiger partial charge in [-0.3, -0.25) is 0 Å². The van der Waals surface area contributed by atoms with E-state index in [0.717, 1.165) is 0 Å². The second-order valence-electron chi connectivity index (χ2n) is 4.70. The maximum atomic E-state index is 12.4. The van der Waals surface area contributed by atoms with Gasteiger partial charge < -0.3 is 9.47 Å². The summed E-state index contributed by atoms with van der Waals surface area (Å²) in [6.07, 6.45) is 1.25. The Morgan fingerprint density at radius 2 is 1.30 bits per heavy atom. The van der Waals surface area contributed by atoms with Gasteiger partial charge in [0.25, 0.3) is 0 Å². The largest absolute Gasteiger partial charge is 0.425 e. The fourth-order valence-corrected chi connectivity index (χ4v) is 1.99. The molecule has 0 aliphatic rings. The fourth-order valence-electron chi connectivity index (χ4n) is 1.80. The van der Waals surface area contributed by atoms with Crippen LogP contribution in [0.1, 0.15) is 6.42 Å². The van der Waals surface area contributed by atoms with E-state index in [1.165, 1.54) is 6.08 Å². The first-order valence-corrected chi connectivity index (χ1v) is 7.28. The van der Waals surface area contributed by atoms with Crippen molar-refractivity contribution in [1.82, 2.24) is 0 Å². The molecular weight excluding hydrogens is 316 g/mol. The number of carbonyl (C=O) groups is 2. The van der Waals surface area contributed by atoms with Crippen molar-refractivity contribution in [3.8, 4) is 11.5 Å². The summed E-state index contributed by atoms with van der Waals surface area (Å²) < 4.78 is 10.3. The molecule has 0 aliphatic carbocycles. The van der Waals surface area contributed by atoms with Crippen molar-refractivity contribution in [2.75, 3.05) is 0 Å². The lowest BCUT2D eigenvalue weighted by atomic mass is 10.1. The maximum Gasteiger partial charge on any atom is 0.344 e. The summed E-state index contributed by atoms with van der Waals surface area (Å²) in [6, 6.07) is 16.7. The highest BCUT2D eigenvalue weighted by molar-refractivity contribution is 6.45. The summed E-state index contributed by atoms with van der Waals surface area (Å²) in [6.45, 7) is 3.52. The Balaban J connectivity index is 2.18. The Labute approximate surface area is 139 Å². The summed E-state index contributed by atoms with van der Waals surface area (Å²) in [5.41, 5.74) is 0. The van der Waals surface area contributed by atoms with E-state index in [2.05, 4.69) is 6.58 Å². The smallest absolute Gasteiger partial charge is 0.344 e. The van der Waals surface area contributed by atoms with Crippen molar-refractivity contribution < 1.29 is 19.1 Å². The van der Waals surface area contributed by atoms with Crippen molar-refractivity contribution in [3.63, 3.8) is 0 Å². The molecule has 0 saturated carbocycles. The summed E-state index contributed by atoms with van der Waals surface area (Å²) >= 11 is 6.22. The van der Waals surface area contributed by atoms with E-state index in [-0.39, 0.29) is 6.42 Å². The molecule has 23 heavy (non-hydrogen) atoms. The number of alkyl halides is 1. The number of rotatable bonds is 6. The average molecular weight is 331 g/mol. The summed E-state index contributed by atoms with van der Waals surface area (Å²) in [5.74, 6) is -1.24. The van der Waals surface area contributed by atoms with Crippen LogP contribution in [-0.4, -0.2) is 16.8 Å². The molecule has 0 unspecified atom stereocenters. The molecular formula is C18H15ClO4. The van der Waals surface area contributed by atoms with E-state index in [1.54, 1.807) is 60.7 Å². The highest BCUT2D eigenvalue weighted by atomic mass is 35.5. The molecule has 2 rings (SSSR count). The SMILES string of the molecule is C=CCC(Cl)(C(=O)Oc1ccccc1)C(=O)Oc1ccccc1. The van der Waals surface area contributed by atoms with Crippen molar-refractivity contribution in [3.05, 3.63) is 73.3 Å². The Hall–Kier alpha value is -2.59. The third kappa shape index (κ3) is 4.20. The van der Waals surface area contributed by atoms with Crippen LogP contribution < -0.4 is 9.47 Å². The predicted octanol–water partition coefficient (Wildman–Crippen LogP) is 3.75. The zero-order valence-corrected chi connectivity index (χ0v) is 13.0. The van der Waals surface area contributed by atoms with Crippen molar-refractivity contribution >= 4 is 23.5 Å². The van der Waals surface area contributed by atoms with Gasteiger partial charge in [-0.2, -0.15) is 0 Å². The normalized spacial score (nSPS) is 10.7. The molecule has 0 bridgehead atoms. The van der Waals surface area contributed by atoms with E-state index in [0.29, 0.717) is 11.5 Å². The van der Waals surface area contributed by atoms with Crippen LogP contribution in [-0.2, 0) is 9.59 Å². The number of ether oxygens (including phenoxy) is 2. The molecule has 118 valence electrons. The van der Waals surface area contributed by atoms with Crippen LogP contribution in [0.15, 0.2) is 73.3 Å². The van der Waals surface area contributed by atoms with Gasteiger partial charge in [-0.25, -0.2) is 9.59 Å². The van der Waals surface area contributed by atoms with Crippen LogP contribution in [0.5, 0.6) is 11.5 Å². The Morgan fingerprint density at radius 1 is 0.913 bits per heavy atom. The van der Waals surface area contributed by atoms with Crippen LogP contribution >= 0.6 is 11.6 Å². The molecule has 4 nitrogen and oxygen atoms in total. The number of carbonyl (C=O) groups excluding carboxylic acids is 2. The van der Waals surface area contributed by atoms with Gasteiger partial charge in [0, 0.05) is 6.42 Å². The molecule has 0 fully saturated rings. The molecule has 0 spiro atoms. The minimum atomic E-state index is -1.99. The van der Waals surface area contributed by atoms with Gasteiger partial charge in [0.05, 0.1) is 0 Å². The molecule has 5 heteroatoms. The van der Waals surface area contributed by atoms with Gasteiger partial charge in [-0.15, -0.1) is 6.58 Å². The number of allylic oxidation sites excluding steroid dienone is 1. The molecule has 0 N–H and O–H groups in total. The lowest BCUT2D eigenvalue weighted by Gasteiger charge is -2.21. The summed E-state index contributed by atoms with van der Waals surface area (Å²) in [5, 5.41) is 0. The third-order valence-electron chi connectivity index (χ3n) is 2.98. The first-order valence-electron chi connectivity index (χ1n) is 6.91. The van der Waals surface area contributed by atoms with E-state index in [4.69, 9.17) is 21.1 Å². The van der Waals surface area contributed by atoms with Gasteiger partial charge in [0.2, 0.25) is 4.87 Å². The molecule has 0 aromatic heterocycles. The number of halogens is 1. The number of benzene rings is 2. The van der Waals surface area contributed by atoms with Crippen LogP contribution in [0.3, 0.4) is 0 Å². The second-order valence-corrected chi connectivity index (χ2v) is 5.34. The Morgan fingerprint density at radius 3 is 1.65 bits per heavy atom. The first-order chi connectivity index (χ1) is 11.1. The average Bonchev–Trinajstić information content (AvgIpc) is 2.56. The van der Waals surface area contributed by atoms with E-state index in [9.17, 15) is 9.59 Å². The highest BCUT2D eigenvalue weighted by Crippen LogP contribution is 2.27. The minimum Gasteiger partial charge on any atom is -0.425 e. The van der Waals surface area contributed by atoms with Crippen molar-refractivity contribution in [2.45, 2.75) is 11.3 Å². The molecule has 0 aliphatic heterocycles. The van der Waals surface area contributed by atoms with Gasteiger partial charge in [0.1, 0.15) is 11.5 Å². The molecule has 0 saturated heterocycles. The number of para-hydroxylation sites is 2. The molecule has 0 atom stereocenters. The van der Waals surface area contributed by atoms with Crippen LogP contribution in [0.4, 0.5) is 0 Å². The number of esters is 2. The maximum absolute atomic E-state index is 12.4. The zero-order chi connectivity index (χ0) is 16.7. The Kier molecular flexibility index (Phi) is 5.55. The van der Waals surface area contributed by atoms with Gasteiger partial charge in [-0.1, -0.05) is 54.1 Å². The van der Waals surface area contributed by atoms with Crippen LogP contribution in [0.2, 0.25) is 0 Å². The lowest BCUT2D eigenvalue weighted by molar-refractivity contribution is -0.149. The predicted molar refractivity (Wildman–Crippen MR) is 87.6 cm³/mol. The molecule has 0 amide bonds. The zero-order valence-electron chi connectivity index (χ0n) is 12.3. The van der Waals surface area contributed by atoms with Crippen molar-refractivity contribution in [2.24, 2.45) is 0 Å². The molecule has 2 aromatic rings. The Bertz CT molecular complexity index is 629. The fraction of sp³-hybridized carbons (Fsp3) is 0.111.